The molecule has 0 saturated heterocycles. The Morgan fingerprint density at radius 2 is 1.85 bits per heavy atom. The first-order valence-corrected chi connectivity index (χ1v) is 12.4. The molecule has 1 atom stereocenters. The van der Waals surface area contributed by atoms with E-state index in [1.165, 1.54) is 24.3 Å². The average Bonchev–Trinajstić information content (AvgIpc) is 2.91. The number of allylic oxidation sites excluding steroid dienone is 2. The molecule has 0 aromatic heterocycles. The molecule has 202 valence electrons. The molecular formula is C30H27F3N2O4. The molecule has 1 aliphatic heterocycles. The third-order valence-corrected chi connectivity index (χ3v) is 6.04. The Labute approximate surface area is 223 Å². The molecule has 3 N–H and O–H groups in total. The Kier molecular flexibility index (Phi) is 8.51. The number of amides is 2. The van der Waals surface area contributed by atoms with E-state index in [0.29, 0.717) is 46.0 Å². The second-order valence-electron chi connectivity index (χ2n) is 8.92. The van der Waals surface area contributed by atoms with E-state index < -0.39 is 29.7 Å². The van der Waals surface area contributed by atoms with E-state index in [2.05, 4.69) is 10.6 Å². The summed E-state index contributed by atoms with van der Waals surface area (Å²) in [5.41, 5.74) is 2.65. The molecule has 0 saturated carbocycles. The summed E-state index contributed by atoms with van der Waals surface area (Å²) in [4.78, 5) is 24.4. The molecule has 1 unspecified atom stereocenters. The number of alkyl halides is 3. The van der Waals surface area contributed by atoms with E-state index in [0.717, 1.165) is 18.6 Å². The van der Waals surface area contributed by atoms with Crippen LogP contribution in [-0.4, -0.2) is 29.6 Å². The third-order valence-electron chi connectivity index (χ3n) is 6.04. The predicted octanol–water partition coefficient (Wildman–Crippen LogP) is 5.98. The first kappa shape index (κ1) is 27.7. The number of carbonyl (C=O) groups is 2. The number of rotatable bonds is 8. The van der Waals surface area contributed by atoms with E-state index in [4.69, 9.17) is 4.74 Å². The van der Waals surface area contributed by atoms with Crippen molar-refractivity contribution in [1.82, 2.24) is 0 Å². The van der Waals surface area contributed by atoms with Gasteiger partial charge in [-0.3, -0.25) is 9.59 Å². The zero-order valence-corrected chi connectivity index (χ0v) is 21.1. The summed E-state index contributed by atoms with van der Waals surface area (Å²) in [6.07, 6.45) is -0.338. The largest absolute Gasteiger partial charge is 0.494 e. The summed E-state index contributed by atoms with van der Waals surface area (Å²) < 4.78 is 45.0. The van der Waals surface area contributed by atoms with Crippen LogP contribution in [0, 0.1) is 0 Å². The minimum Gasteiger partial charge on any atom is -0.494 e. The highest BCUT2D eigenvalue weighted by atomic mass is 19.4. The van der Waals surface area contributed by atoms with Crippen molar-refractivity contribution in [2.24, 2.45) is 0 Å². The van der Waals surface area contributed by atoms with Crippen LogP contribution in [0.4, 0.5) is 24.5 Å². The Bertz CT molecular complexity index is 1410. The van der Waals surface area contributed by atoms with Gasteiger partial charge in [-0.15, -0.1) is 0 Å². The molecule has 3 aromatic carbocycles. The van der Waals surface area contributed by atoms with Gasteiger partial charge in [0.1, 0.15) is 11.9 Å². The molecule has 3 aromatic rings. The minimum absolute atomic E-state index is 0.0652. The number of benzene rings is 3. The zero-order valence-electron chi connectivity index (χ0n) is 21.1. The van der Waals surface area contributed by atoms with E-state index in [-0.39, 0.29) is 6.42 Å². The maximum atomic E-state index is 13.1. The maximum Gasteiger partial charge on any atom is 0.416 e. The van der Waals surface area contributed by atoms with Crippen LogP contribution in [0.15, 0.2) is 85.0 Å². The van der Waals surface area contributed by atoms with Crippen LogP contribution < -0.4 is 15.4 Å². The molecule has 0 bridgehead atoms. The molecule has 39 heavy (non-hydrogen) atoms. The third kappa shape index (κ3) is 6.94. The van der Waals surface area contributed by atoms with Gasteiger partial charge in [0.05, 0.1) is 12.2 Å². The van der Waals surface area contributed by atoms with Crippen molar-refractivity contribution in [1.29, 1.82) is 0 Å². The predicted molar refractivity (Wildman–Crippen MR) is 143 cm³/mol. The maximum absolute atomic E-state index is 13.1. The average molecular weight is 537 g/mol. The first-order valence-electron chi connectivity index (χ1n) is 12.4. The molecule has 0 aliphatic carbocycles. The quantitative estimate of drug-likeness (QED) is 0.244. The number of hydrogen-bond donors (Lipinski definition) is 3. The van der Waals surface area contributed by atoms with Crippen molar-refractivity contribution in [2.75, 3.05) is 17.2 Å². The fourth-order valence-electron chi connectivity index (χ4n) is 4.12. The highest BCUT2D eigenvalue weighted by molar-refractivity contribution is 6.03. The number of carbonyl (C=O) groups excluding carboxylic acids is 2. The fourth-order valence-corrected chi connectivity index (χ4v) is 4.12. The second kappa shape index (κ2) is 12.0. The van der Waals surface area contributed by atoms with Gasteiger partial charge in [0.15, 0.2) is 0 Å². The van der Waals surface area contributed by atoms with Gasteiger partial charge in [0, 0.05) is 29.4 Å². The summed E-state index contributed by atoms with van der Waals surface area (Å²) in [6, 6.07) is 17.0. The van der Waals surface area contributed by atoms with Gasteiger partial charge >= 0.3 is 6.18 Å². The van der Waals surface area contributed by atoms with E-state index >= 15 is 0 Å². The number of nitrogens with one attached hydrogen (secondary N) is 2. The summed E-state index contributed by atoms with van der Waals surface area (Å²) in [6.45, 7) is 2.50. The van der Waals surface area contributed by atoms with Gasteiger partial charge in [-0.1, -0.05) is 49.4 Å². The lowest BCUT2D eigenvalue weighted by Crippen LogP contribution is -2.34. The lowest BCUT2D eigenvalue weighted by atomic mass is 9.96. The Morgan fingerprint density at radius 3 is 2.56 bits per heavy atom. The highest BCUT2D eigenvalue weighted by Crippen LogP contribution is 2.33. The summed E-state index contributed by atoms with van der Waals surface area (Å²) in [5, 5.41) is 15.3. The molecule has 0 spiro atoms. The fraction of sp³-hybridized carbons (Fsp3) is 0.200. The van der Waals surface area contributed by atoms with Crippen LogP contribution in [0.25, 0.3) is 5.57 Å². The molecule has 1 aliphatic rings. The molecule has 6 nitrogen and oxygen atoms in total. The van der Waals surface area contributed by atoms with Crippen molar-refractivity contribution < 1.29 is 32.6 Å². The van der Waals surface area contributed by atoms with Gasteiger partial charge in [-0.25, -0.2) is 0 Å². The lowest BCUT2D eigenvalue weighted by Gasteiger charge is -2.23. The number of anilines is 2. The SMILES string of the molecule is CCCOc1cccc(/C(=C/C=C/C(=O)Nc2cccc3c2CC(O)C(=O)N3)c2ccc(C(F)(F)F)cc2)c1. The summed E-state index contributed by atoms with van der Waals surface area (Å²) >= 11 is 0. The number of halogens is 3. The molecule has 0 fully saturated rings. The van der Waals surface area contributed by atoms with Crippen LogP contribution in [-0.2, 0) is 22.2 Å². The van der Waals surface area contributed by atoms with Gasteiger partial charge in [-0.2, -0.15) is 13.2 Å². The van der Waals surface area contributed by atoms with Gasteiger partial charge in [-0.05, 0) is 59.5 Å². The van der Waals surface area contributed by atoms with Crippen LogP contribution in [0.2, 0.25) is 0 Å². The van der Waals surface area contributed by atoms with Crippen LogP contribution >= 0.6 is 0 Å². The van der Waals surface area contributed by atoms with Crippen molar-refractivity contribution in [3.8, 4) is 5.75 Å². The number of fused-ring (bicyclic) bond motifs is 1. The standard InChI is InChI=1S/C30H27F3N2O4/c1-2-16-39-22-7-3-6-20(17-22)23(19-12-14-21(15-13-19)30(31,32)33)8-4-11-28(37)34-25-9-5-10-26-24(25)18-27(36)29(38)35-26/h3-15,17,27,36H,2,16,18H2,1H3,(H,34,37)(H,35,38)/b11-4+,23-8+. The van der Waals surface area contributed by atoms with Crippen LogP contribution in [0.5, 0.6) is 5.75 Å². The Morgan fingerprint density at radius 1 is 1.10 bits per heavy atom. The van der Waals surface area contributed by atoms with Crippen molar-refractivity contribution >= 4 is 28.8 Å². The smallest absolute Gasteiger partial charge is 0.416 e. The summed E-state index contributed by atoms with van der Waals surface area (Å²) in [7, 11) is 0. The van der Waals surface area contributed by atoms with E-state index in [1.807, 2.05) is 13.0 Å². The summed E-state index contributed by atoms with van der Waals surface area (Å²) in [5.74, 6) is -0.342. The van der Waals surface area contributed by atoms with Gasteiger partial charge in [0.25, 0.3) is 5.91 Å². The molecule has 2 amide bonds. The molecule has 4 rings (SSSR count). The van der Waals surface area contributed by atoms with Gasteiger partial charge < -0.3 is 20.5 Å². The second-order valence-corrected chi connectivity index (χ2v) is 8.92. The Balaban J connectivity index is 1.60. The minimum atomic E-state index is -4.45. The molecular weight excluding hydrogens is 509 g/mol. The van der Waals surface area contributed by atoms with Crippen molar-refractivity contribution in [2.45, 2.75) is 32.0 Å². The number of aliphatic hydroxyl groups excluding tert-OH is 1. The van der Waals surface area contributed by atoms with E-state index in [9.17, 15) is 27.9 Å². The van der Waals surface area contributed by atoms with Crippen molar-refractivity contribution in [3.05, 3.63) is 107 Å². The number of ether oxygens (including phenoxy) is 1. The van der Waals surface area contributed by atoms with Crippen molar-refractivity contribution in [3.63, 3.8) is 0 Å². The number of hydrogen-bond acceptors (Lipinski definition) is 4. The van der Waals surface area contributed by atoms with E-state index in [1.54, 1.807) is 42.5 Å². The lowest BCUT2D eigenvalue weighted by molar-refractivity contribution is -0.137. The monoisotopic (exact) mass is 536 g/mol. The topological polar surface area (TPSA) is 87.7 Å². The zero-order chi connectivity index (χ0) is 28.0. The highest BCUT2D eigenvalue weighted by Gasteiger charge is 2.30. The normalized spacial score (nSPS) is 15.6. The Hall–Kier alpha value is -4.37. The molecule has 0 radical (unpaired) electrons. The first-order chi connectivity index (χ1) is 18.7. The van der Waals surface area contributed by atoms with Crippen LogP contribution in [0.3, 0.4) is 0 Å². The molecule has 9 heteroatoms. The number of aliphatic hydroxyl groups is 1. The van der Waals surface area contributed by atoms with Crippen LogP contribution in [0.1, 0.15) is 35.6 Å². The van der Waals surface area contributed by atoms with Gasteiger partial charge in [0.2, 0.25) is 5.91 Å². The molecule has 1 heterocycles.